The fraction of sp³-hybridized carbons (Fsp3) is 1.00. The van der Waals surface area contributed by atoms with Crippen molar-refractivity contribution in [1.29, 1.82) is 0 Å². The summed E-state index contributed by atoms with van der Waals surface area (Å²) in [6.07, 6.45) is 2.70. The lowest BCUT2D eigenvalue weighted by atomic mass is 9.75. The van der Waals surface area contributed by atoms with Crippen LogP contribution in [0.25, 0.3) is 0 Å². The van der Waals surface area contributed by atoms with Crippen molar-refractivity contribution in [3.63, 3.8) is 0 Å². The highest BCUT2D eigenvalue weighted by atomic mass is 15.4. The number of hydrogen-bond acceptors (Lipinski definition) is 3. The van der Waals surface area contributed by atoms with E-state index in [4.69, 9.17) is 5.84 Å². The van der Waals surface area contributed by atoms with Crippen LogP contribution in [0.1, 0.15) is 12.8 Å². The molecule has 2 fully saturated rings. The van der Waals surface area contributed by atoms with Crippen LogP contribution in [0, 0.1) is 5.41 Å². The summed E-state index contributed by atoms with van der Waals surface area (Å²) >= 11 is 0. The number of piperidine rings is 1. The Labute approximate surface area is 61.5 Å². The number of nitrogens with one attached hydrogen (secondary N) is 1. The standard InChI is InChI=1S/C7H15N3/c8-10-5-7(6-10)2-1-3-9-4-7/h9H,1-6,8H2. The number of nitrogens with two attached hydrogens (primary N) is 1. The molecular formula is C7H15N3. The fourth-order valence-electron chi connectivity index (χ4n) is 2.12. The Morgan fingerprint density at radius 2 is 2.20 bits per heavy atom. The maximum atomic E-state index is 5.59. The van der Waals surface area contributed by atoms with E-state index >= 15 is 0 Å². The summed E-state index contributed by atoms with van der Waals surface area (Å²) in [6.45, 7) is 4.58. The monoisotopic (exact) mass is 141 g/mol. The molecule has 3 nitrogen and oxygen atoms in total. The lowest BCUT2D eigenvalue weighted by Gasteiger charge is -2.50. The molecular weight excluding hydrogens is 126 g/mol. The van der Waals surface area contributed by atoms with Crippen molar-refractivity contribution >= 4 is 0 Å². The predicted molar refractivity (Wildman–Crippen MR) is 40.3 cm³/mol. The number of hydrazine groups is 1. The minimum Gasteiger partial charge on any atom is -0.316 e. The van der Waals surface area contributed by atoms with Gasteiger partial charge in [0.1, 0.15) is 0 Å². The van der Waals surface area contributed by atoms with Crippen molar-refractivity contribution in [2.75, 3.05) is 26.2 Å². The largest absolute Gasteiger partial charge is 0.316 e. The Balaban J connectivity index is 1.90. The molecule has 0 unspecified atom stereocenters. The zero-order valence-electron chi connectivity index (χ0n) is 6.27. The van der Waals surface area contributed by atoms with E-state index in [0.29, 0.717) is 5.41 Å². The number of nitrogens with zero attached hydrogens (tertiary/aromatic N) is 1. The molecule has 2 saturated heterocycles. The van der Waals surface area contributed by atoms with E-state index in [0.717, 1.165) is 13.1 Å². The van der Waals surface area contributed by atoms with Crippen LogP contribution in [0.4, 0.5) is 0 Å². The molecule has 0 radical (unpaired) electrons. The second kappa shape index (κ2) is 2.19. The van der Waals surface area contributed by atoms with Crippen molar-refractivity contribution in [1.82, 2.24) is 10.3 Å². The summed E-state index contributed by atoms with van der Waals surface area (Å²) in [4.78, 5) is 0. The van der Waals surface area contributed by atoms with Crippen LogP contribution in [0.5, 0.6) is 0 Å². The average Bonchev–Trinajstić information content (AvgIpc) is 1.87. The normalized spacial score (nSPS) is 32.1. The zero-order chi connectivity index (χ0) is 7.03. The third kappa shape index (κ3) is 0.944. The molecule has 10 heavy (non-hydrogen) atoms. The SMILES string of the molecule is NN1CC2(CCCNC2)C1. The zero-order valence-corrected chi connectivity index (χ0v) is 6.27. The molecule has 1 spiro atoms. The van der Waals surface area contributed by atoms with Crippen LogP contribution in [0.15, 0.2) is 0 Å². The van der Waals surface area contributed by atoms with E-state index < -0.39 is 0 Å². The van der Waals surface area contributed by atoms with E-state index in [1.54, 1.807) is 0 Å². The van der Waals surface area contributed by atoms with Gasteiger partial charge >= 0.3 is 0 Å². The second-order valence-corrected chi connectivity index (χ2v) is 3.69. The van der Waals surface area contributed by atoms with Crippen LogP contribution in [0.3, 0.4) is 0 Å². The van der Waals surface area contributed by atoms with Crippen LogP contribution < -0.4 is 11.2 Å². The van der Waals surface area contributed by atoms with Gasteiger partial charge in [-0.3, -0.25) is 5.84 Å². The molecule has 0 aliphatic carbocycles. The van der Waals surface area contributed by atoms with Gasteiger partial charge < -0.3 is 5.32 Å². The summed E-state index contributed by atoms with van der Waals surface area (Å²) in [7, 11) is 0. The van der Waals surface area contributed by atoms with Gasteiger partial charge in [-0.2, -0.15) is 0 Å². The molecule has 2 aliphatic heterocycles. The molecule has 3 heteroatoms. The number of rotatable bonds is 0. The van der Waals surface area contributed by atoms with Crippen LogP contribution in [0.2, 0.25) is 0 Å². The molecule has 3 N–H and O–H groups in total. The average molecular weight is 141 g/mol. The molecule has 0 aromatic rings. The molecule has 0 aromatic heterocycles. The topological polar surface area (TPSA) is 41.3 Å². The van der Waals surface area contributed by atoms with Crippen LogP contribution in [-0.2, 0) is 0 Å². The Morgan fingerprint density at radius 1 is 1.40 bits per heavy atom. The number of hydrogen-bond donors (Lipinski definition) is 2. The van der Waals surface area contributed by atoms with Gasteiger partial charge in [0.2, 0.25) is 0 Å². The Hall–Kier alpha value is -0.120. The smallest absolute Gasteiger partial charge is 0.0210 e. The van der Waals surface area contributed by atoms with Crippen LogP contribution >= 0.6 is 0 Å². The Bertz CT molecular complexity index is 113. The van der Waals surface area contributed by atoms with Gasteiger partial charge in [0, 0.05) is 25.0 Å². The minimum absolute atomic E-state index is 0.562. The highest BCUT2D eigenvalue weighted by Crippen LogP contribution is 2.33. The second-order valence-electron chi connectivity index (χ2n) is 3.69. The quantitative estimate of drug-likeness (QED) is 0.449. The summed E-state index contributed by atoms with van der Waals surface area (Å²) < 4.78 is 0. The molecule has 0 amide bonds. The summed E-state index contributed by atoms with van der Waals surface area (Å²) in [5, 5.41) is 5.33. The molecule has 0 atom stereocenters. The maximum absolute atomic E-state index is 5.59. The highest BCUT2D eigenvalue weighted by Gasteiger charge is 2.41. The van der Waals surface area contributed by atoms with Gasteiger partial charge in [0.25, 0.3) is 0 Å². The first-order chi connectivity index (χ1) is 4.81. The molecule has 0 bridgehead atoms. The predicted octanol–water partition coefficient (Wildman–Crippen LogP) is -0.455. The lowest BCUT2D eigenvalue weighted by molar-refractivity contribution is -0.0179. The van der Waals surface area contributed by atoms with E-state index in [1.807, 2.05) is 5.01 Å². The summed E-state index contributed by atoms with van der Waals surface area (Å²) in [6, 6.07) is 0. The van der Waals surface area contributed by atoms with Gasteiger partial charge in [0.15, 0.2) is 0 Å². The highest BCUT2D eigenvalue weighted by molar-refractivity contribution is 4.96. The van der Waals surface area contributed by atoms with Gasteiger partial charge in [0.05, 0.1) is 0 Å². The minimum atomic E-state index is 0.562. The van der Waals surface area contributed by atoms with Crippen molar-refractivity contribution in [2.45, 2.75) is 12.8 Å². The molecule has 2 rings (SSSR count). The van der Waals surface area contributed by atoms with E-state index in [-0.39, 0.29) is 0 Å². The van der Waals surface area contributed by atoms with E-state index in [9.17, 15) is 0 Å². The lowest BCUT2D eigenvalue weighted by Crippen LogP contribution is -2.64. The van der Waals surface area contributed by atoms with Crippen LogP contribution in [-0.4, -0.2) is 31.2 Å². The van der Waals surface area contributed by atoms with Crippen molar-refractivity contribution in [2.24, 2.45) is 11.3 Å². The maximum Gasteiger partial charge on any atom is 0.0210 e. The van der Waals surface area contributed by atoms with Crippen molar-refractivity contribution < 1.29 is 0 Å². The third-order valence-electron chi connectivity index (χ3n) is 2.64. The van der Waals surface area contributed by atoms with Crippen molar-refractivity contribution in [3.05, 3.63) is 0 Å². The van der Waals surface area contributed by atoms with Gasteiger partial charge in [-0.1, -0.05) is 0 Å². The molecule has 2 aliphatic rings. The molecule has 0 saturated carbocycles. The fourth-order valence-corrected chi connectivity index (χ4v) is 2.12. The summed E-state index contributed by atoms with van der Waals surface area (Å²) in [5.74, 6) is 5.59. The first-order valence-electron chi connectivity index (χ1n) is 4.01. The summed E-state index contributed by atoms with van der Waals surface area (Å²) in [5.41, 5.74) is 0.562. The van der Waals surface area contributed by atoms with Crippen molar-refractivity contribution in [3.8, 4) is 0 Å². The van der Waals surface area contributed by atoms with E-state index in [1.165, 1.54) is 25.9 Å². The first-order valence-corrected chi connectivity index (χ1v) is 4.01. The third-order valence-corrected chi connectivity index (χ3v) is 2.64. The Morgan fingerprint density at radius 3 is 2.70 bits per heavy atom. The van der Waals surface area contributed by atoms with Gasteiger partial charge in [-0.05, 0) is 19.4 Å². The molecule has 2 heterocycles. The van der Waals surface area contributed by atoms with Gasteiger partial charge in [-0.15, -0.1) is 0 Å². The molecule has 58 valence electrons. The van der Waals surface area contributed by atoms with Gasteiger partial charge in [-0.25, -0.2) is 5.01 Å². The van der Waals surface area contributed by atoms with E-state index in [2.05, 4.69) is 5.32 Å². The Kier molecular flexibility index (Phi) is 1.44. The molecule has 0 aromatic carbocycles. The first kappa shape index (κ1) is 6.58.